The molecular weight excluding hydrogens is 428 g/mol. The summed E-state index contributed by atoms with van der Waals surface area (Å²) in [5.74, 6) is 2.03. The number of hydrogen-bond donors (Lipinski definition) is 0. The van der Waals surface area contributed by atoms with Gasteiger partial charge in [-0.1, -0.05) is 44.2 Å². The Hall–Kier alpha value is -1.98. The number of piperidine rings is 1. The molecule has 2 aromatic carbocycles. The van der Waals surface area contributed by atoms with E-state index in [-0.39, 0.29) is 17.1 Å². The lowest BCUT2D eigenvalue weighted by Crippen LogP contribution is -2.46. The molecule has 3 heterocycles. The van der Waals surface area contributed by atoms with Gasteiger partial charge in [-0.3, -0.25) is 9.80 Å². The van der Waals surface area contributed by atoms with E-state index in [9.17, 15) is 4.79 Å². The number of carbonyl (C=O) groups is 1. The second kappa shape index (κ2) is 8.06. The van der Waals surface area contributed by atoms with Gasteiger partial charge in [0.2, 0.25) is 0 Å². The van der Waals surface area contributed by atoms with Crippen LogP contribution in [0.1, 0.15) is 68.6 Å². The third-order valence-corrected chi connectivity index (χ3v) is 9.26. The molecule has 3 aliphatic heterocycles. The number of benzene rings is 2. The van der Waals surface area contributed by atoms with Gasteiger partial charge in [-0.25, -0.2) is 4.79 Å². The Bertz CT molecular complexity index is 1060. The molecule has 0 unspecified atom stereocenters. The second-order valence-electron chi connectivity index (χ2n) is 11.1. The SMILES string of the molecule is CC1(C)CCSc2c(C3CC3)cc(CN3CCC4(CC3)CN(c3ccccc3)C(=O)O4)cc21. The number of fused-ring (bicyclic) bond motifs is 1. The molecular formula is C28H34N2O2S. The summed E-state index contributed by atoms with van der Waals surface area (Å²) in [6, 6.07) is 14.9. The molecule has 1 aliphatic carbocycles. The summed E-state index contributed by atoms with van der Waals surface area (Å²) in [5, 5.41) is 0. The minimum absolute atomic E-state index is 0.196. The molecule has 0 bridgehead atoms. The molecule has 2 saturated heterocycles. The maximum Gasteiger partial charge on any atom is 0.415 e. The summed E-state index contributed by atoms with van der Waals surface area (Å²) in [6.07, 6.45) is 5.58. The minimum atomic E-state index is -0.336. The summed E-state index contributed by atoms with van der Waals surface area (Å²) in [7, 11) is 0. The molecule has 0 aromatic heterocycles. The highest BCUT2D eigenvalue weighted by Crippen LogP contribution is 2.51. The lowest BCUT2D eigenvalue weighted by Gasteiger charge is -2.38. The first-order valence-electron chi connectivity index (χ1n) is 12.5. The highest BCUT2D eigenvalue weighted by atomic mass is 32.2. The van der Waals surface area contributed by atoms with Crippen LogP contribution in [0.15, 0.2) is 47.4 Å². The van der Waals surface area contributed by atoms with E-state index in [4.69, 9.17) is 4.74 Å². The van der Waals surface area contributed by atoms with Crippen molar-refractivity contribution in [2.24, 2.45) is 0 Å². The van der Waals surface area contributed by atoms with Gasteiger partial charge in [0.05, 0.1) is 6.54 Å². The van der Waals surface area contributed by atoms with Gasteiger partial charge in [-0.15, -0.1) is 11.8 Å². The predicted octanol–water partition coefficient (Wildman–Crippen LogP) is 6.33. The van der Waals surface area contributed by atoms with E-state index in [1.807, 2.05) is 30.3 Å². The molecule has 3 fully saturated rings. The van der Waals surface area contributed by atoms with Gasteiger partial charge in [0, 0.05) is 43.1 Å². The zero-order valence-electron chi connectivity index (χ0n) is 19.8. The van der Waals surface area contributed by atoms with Gasteiger partial charge in [0.15, 0.2) is 0 Å². The van der Waals surface area contributed by atoms with Gasteiger partial charge in [0.1, 0.15) is 5.60 Å². The smallest absolute Gasteiger partial charge is 0.415 e. The Morgan fingerprint density at radius 3 is 2.55 bits per heavy atom. The number of carbonyl (C=O) groups excluding carboxylic acids is 1. The Morgan fingerprint density at radius 2 is 1.82 bits per heavy atom. The number of likely N-dealkylation sites (tertiary alicyclic amines) is 1. The summed E-state index contributed by atoms with van der Waals surface area (Å²) in [5.41, 5.74) is 5.54. The zero-order valence-corrected chi connectivity index (χ0v) is 20.6. The van der Waals surface area contributed by atoms with Crippen LogP contribution in [0.2, 0.25) is 0 Å². The van der Waals surface area contributed by atoms with Crippen molar-refractivity contribution in [3.63, 3.8) is 0 Å². The predicted molar refractivity (Wildman–Crippen MR) is 134 cm³/mol. The van der Waals surface area contributed by atoms with Crippen molar-refractivity contribution in [2.75, 3.05) is 30.3 Å². The highest BCUT2D eigenvalue weighted by molar-refractivity contribution is 7.99. The van der Waals surface area contributed by atoms with Gasteiger partial charge >= 0.3 is 6.09 Å². The van der Waals surface area contributed by atoms with Crippen molar-refractivity contribution in [1.82, 2.24) is 4.90 Å². The number of thioether (sulfide) groups is 1. The third kappa shape index (κ3) is 4.08. The lowest BCUT2D eigenvalue weighted by molar-refractivity contribution is -0.000987. The van der Waals surface area contributed by atoms with Crippen LogP contribution in [-0.2, 0) is 16.7 Å². The Morgan fingerprint density at radius 1 is 1.06 bits per heavy atom. The Kier molecular flexibility index (Phi) is 5.26. The Balaban J connectivity index is 1.16. The van der Waals surface area contributed by atoms with Crippen LogP contribution in [0, 0.1) is 0 Å². The average molecular weight is 463 g/mol. The molecule has 0 atom stereocenters. The minimum Gasteiger partial charge on any atom is -0.441 e. The average Bonchev–Trinajstić information content (AvgIpc) is 3.60. The van der Waals surface area contributed by atoms with Crippen molar-refractivity contribution in [2.45, 2.75) is 74.3 Å². The Labute approximate surface area is 201 Å². The number of amides is 1. The van der Waals surface area contributed by atoms with Crippen LogP contribution in [-0.4, -0.2) is 42.0 Å². The summed E-state index contributed by atoms with van der Waals surface area (Å²) < 4.78 is 5.97. The molecule has 0 N–H and O–H groups in total. The van der Waals surface area contributed by atoms with Crippen molar-refractivity contribution < 1.29 is 9.53 Å². The molecule has 174 valence electrons. The van der Waals surface area contributed by atoms with Gasteiger partial charge in [-0.2, -0.15) is 0 Å². The maximum absolute atomic E-state index is 12.6. The third-order valence-electron chi connectivity index (χ3n) is 8.11. The van der Waals surface area contributed by atoms with Crippen LogP contribution >= 0.6 is 11.8 Å². The van der Waals surface area contributed by atoms with E-state index >= 15 is 0 Å². The van der Waals surface area contributed by atoms with Crippen LogP contribution < -0.4 is 4.90 Å². The standard InChI is InChI=1S/C28H34N2O2S/c1-27(2)12-15-33-25-23(21-8-9-21)16-20(17-24(25)27)18-29-13-10-28(11-14-29)19-30(26(31)32-28)22-6-4-3-5-7-22/h3-7,16-17,21H,8-15,18-19H2,1-2H3. The van der Waals surface area contributed by atoms with Crippen LogP contribution in [0.25, 0.3) is 0 Å². The van der Waals surface area contributed by atoms with Gasteiger partial charge in [0.25, 0.3) is 0 Å². The monoisotopic (exact) mass is 462 g/mol. The van der Waals surface area contributed by atoms with E-state index in [0.717, 1.165) is 44.1 Å². The molecule has 5 heteroatoms. The normalized spacial score (nSPS) is 24.1. The van der Waals surface area contributed by atoms with E-state index in [1.54, 1.807) is 20.9 Å². The van der Waals surface area contributed by atoms with E-state index in [1.165, 1.54) is 30.6 Å². The van der Waals surface area contributed by atoms with Crippen molar-refractivity contribution in [1.29, 1.82) is 0 Å². The molecule has 1 spiro atoms. The number of para-hydroxylation sites is 1. The molecule has 1 saturated carbocycles. The largest absolute Gasteiger partial charge is 0.441 e. The summed E-state index contributed by atoms with van der Waals surface area (Å²) >= 11 is 2.09. The van der Waals surface area contributed by atoms with Gasteiger partial charge < -0.3 is 4.74 Å². The fourth-order valence-electron chi connectivity index (χ4n) is 5.78. The second-order valence-corrected chi connectivity index (χ2v) is 12.2. The van der Waals surface area contributed by atoms with Gasteiger partial charge in [-0.05, 0) is 65.2 Å². The summed E-state index contributed by atoms with van der Waals surface area (Å²) in [4.78, 5) is 18.6. The molecule has 33 heavy (non-hydrogen) atoms. The molecule has 1 amide bonds. The van der Waals surface area contributed by atoms with E-state index < -0.39 is 0 Å². The number of nitrogens with zero attached hydrogens (tertiary/aromatic N) is 2. The summed E-state index contributed by atoms with van der Waals surface area (Å²) in [6.45, 7) is 8.46. The van der Waals surface area contributed by atoms with E-state index in [0.29, 0.717) is 6.54 Å². The molecule has 4 nitrogen and oxygen atoms in total. The first-order chi connectivity index (χ1) is 15.9. The van der Waals surface area contributed by atoms with E-state index in [2.05, 4.69) is 42.6 Å². The van der Waals surface area contributed by atoms with Crippen molar-refractivity contribution in [3.8, 4) is 0 Å². The number of anilines is 1. The maximum atomic E-state index is 12.6. The first kappa shape index (κ1) is 21.5. The molecule has 0 radical (unpaired) electrons. The van der Waals surface area contributed by atoms with Crippen LogP contribution in [0.3, 0.4) is 0 Å². The molecule has 2 aromatic rings. The number of rotatable bonds is 4. The lowest BCUT2D eigenvalue weighted by atomic mass is 9.79. The molecule has 4 aliphatic rings. The van der Waals surface area contributed by atoms with Crippen molar-refractivity contribution in [3.05, 3.63) is 59.2 Å². The fraction of sp³-hybridized carbons (Fsp3) is 0.536. The number of hydrogen-bond acceptors (Lipinski definition) is 4. The van der Waals surface area contributed by atoms with Crippen molar-refractivity contribution >= 4 is 23.5 Å². The topological polar surface area (TPSA) is 32.8 Å². The zero-order chi connectivity index (χ0) is 22.6. The van der Waals surface area contributed by atoms with Crippen LogP contribution in [0.5, 0.6) is 0 Å². The number of ether oxygens (including phenoxy) is 1. The fourth-order valence-corrected chi connectivity index (χ4v) is 7.48. The first-order valence-corrected chi connectivity index (χ1v) is 13.5. The quantitative estimate of drug-likeness (QED) is 0.532. The molecule has 6 rings (SSSR count). The highest BCUT2D eigenvalue weighted by Gasteiger charge is 2.47. The van der Waals surface area contributed by atoms with Crippen LogP contribution in [0.4, 0.5) is 10.5 Å².